The van der Waals surface area contributed by atoms with Crippen molar-refractivity contribution in [3.63, 3.8) is 0 Å². The van der Waals surface area contributed by atoms with Gasteiger partial charge in [0.1, 0.15) is 11.8 Å². The summed E-state index contributed by atoms with van der Waals surface area (Å²) in [5.74, 6) is 0.296. The second kappa shape index (κ2) is 7.49. The minimum atomic E-state index is -3.59. The summed E-state index contributed by atoms with van der Waals surface area (Å²) in [5, 5.41) is 2.80. The quantitative estimate of drug-likeness (QED) is 0.827. The molecule has 0 unspecified atom stereocenters. The Labute approximate surface area is 132 Å². The van der Waals surface area contributed by atoms with Gasteiger partial charge in [0.2, 0.25) is 15.9 Å². The molecule has 7 heteroatoms. The number of nitrogens with zero attached hydrogens (tertiary/aromatic N) is 1. The van der Waals surface area contributed by atoms with Gasteiger partial charge in [0, 0.05) is 6.04 Å². The first-order valence-electron chi connectivity index (χ1n) is 7.14. The van der Waals surface area contributed by atoms with E-state index >= 15 is 0 Å². The van der Waals surface area contributed by atoms with E-state index in [4.69, 9.17) is 4.74 Å². The standard InChI is InChI=1S/C15H24N2O4S/c1-6-11(2)16-15(18)12(3)17(22(5,19)20)13-7-9-14(21-4)10-8-13/h7-12H,6H2,1-5H3,(H,16,18)/t11-,12-/m1/s1. The van der Waals surface area contributed by atoms with Gasteiger partial charge in [0.15, 0.2) is 0 Å². The normalized spacial score (nSPS) is 14.0. The molecule has 1 amide bonds. The van der Waals surface area contributed by atoms with Crippen LogP contribution in [0.3, 0.4) is 0 Å². The fraction of sp³-hybridized carbons (Fsp3) is 0.533. The Morgan fingerprint density at radius 2 is 1.82 bits per heavy atom. The van der Waals surface area contributed by atoms with Crippen LogP contribution in [0, 0.1) is 0 Å². The number of benzene rings is 1. The van der Waals surface area contributed by atoms with Crippen LogP contribution in [-0.2, 0) is 14.8 Å². The highest BCUT2D eigenvalue weighted by Gasteiger charge is 2.29. The van der Waals surface area contributed by atoms with Gasteiger partial charge in [0.25, 0.3) is 0 Å². The Balaban J connectivity index is 3.10. The number of hydrogen-bond donors (Lipinski definition) is 1. The molecule has 0 fully saturated rings. The van der Waals surface area contributed by atoms with Crippen LogP contribution in [0.5, 0.6) is 5.75 Å². The van der Waals surface area contributed by atoms with Crippen molar-refractivity contribution >= 4 is 21.6 Å². The third kappa shape index (κ3) is 4.62. The lowest BCUT2D eigenvalue weighted by atomic mass is 10.2. The van der Waals surface area contributed by atoms with Crippen LogP contribution in [0.1, 0.15) is 27.2 Å². The fourth-order valence-electron chi connectivity index (χ4n) is 2.00. The van der Waals surface area contributed by atoms with Crippen LogP contribution in [0.25, 0.3) is 0 Å². The minimum Gasteiger partial charge on any atom is -0.497 e. The number of amides is 1. The van der Waals surface area contributed by atoms with Crippen molar-refractivity contribution in [1.29, 1.82) is 0 Å². The molecule has 0 bridgehead atoms. The molecule has 1 aromatic carbocycles. The lowest BCUT2D eigenvalue weighted by Crippen LogP contribution is -2.49. The topological polar surface area (TPSA) is 75.7 Å². The summed E-state index contributed by atoms with van der Waals surface area (Å²) >= 11 is 0. The zero-order chi connectivity index (χ0) is 16.9. The maximum atomic E-state index is 12.3. The van der Waals surface area contributed by atoms with Gasteiger partial charge in [-0.15, -0.1) is 0 Å². The highest BCUT2D eigenvalue weighted by molar-refractivity contribution is 7.92. The number of rotatable bonds is 7. The number of nitrogens with one attached hydrogen (secondary N) is 1. The Kier molecular flexibility index (Phi) is 6.22. The highest BCUT2D eigenvalue weighted by atomic mass is 32.2. The Morgan fingerprint density at radius 3 is 2.23 bits per heavy atom. The maximum absolute atomic E-state index is 12.3. The summed E-state index contributed by atoms with van der Waals surface area (Å²) in [6.45, 7) is 5.40. The highest BCUT2D eigenvalue weighted by Crippen LogP contribution is 2.23. The minimum absolute atomic E-state index is 0.00720. The number of carbonyl (C=O) groups excluding carboxylic acids is 1. The molecule has 0 saturated carbocycles. The van der Waals surface area contributed by atoms with Crippen molar-refractivity contribution in [3.8, 4) is 5.75 Å². The fourth-order valence-corrected chi connectivity index (χ4v) is 3.18. The molecule has 1 N–H and O–H groups in total. The molecule has 0 aromatic heterocycles. The van der Waals surface area contributed by atoms with Gasteiger partial charge in [-0.3, -0.25) is 9.10 Å². The molecule has 0 spiro atoms. The van der Waals surface area contributed by atoms with E-state index in [0.717, 1.165) is 17.0 Å². The smallest absolute Gasteiger partial charge is 0.243 e. The lowest BCUT2D eigenvalue weighted by Gasteiger charge is -2.29. The summed E-state index contributed by atoms with van der Waals surface area (Å²) in [7, 11) is -2.06. The van der Waals surface area contributed by atoms with Crippen molar-refractivity contribution in [1.82, 2.24) is 5.32 Å². The molecular formula is C15H24N2O4S. The van der Waals surface area contributed by atoms with Crippen LogP contribution in [0.15, 0.2) is 24.3 Å². The second-order valence-corrected chi connectivity index (χ2v) is 7.11. The molecule has 0 aliphatic rings. The number of sulfonamides is 1. The second-order valence-electron chi connectivity index (χ2n) is 5.25. The first-order valence-corrected chi connectivity index (χ1v) is 8.99. The largest absolute Gasteiger partial charge is 0.497 e. The van der Waals surface area contributed by atoms with Crippen LogP contribution in [-0.4, -0.2) is 39.8 Å². The molecule has 0 heterocycles. The number of anilines is 1. The molecule has 22 heavy (non-hydrogen) atoms. The number of ether oxygens (including phenoxy) is 1. The third-order valence-electron chi connectivity index (χ3n) is 3.42. The van der Waals surface area contributed by atoms with Gasteiger partial charge in [-0.2, -0.15) is 0 Å². The molecular weight excluding hydrogens is 304 g/mol. The first kappa shape index (κ1) is 18.3. The Bertz CT molecular complexity index is 598. The summed E-state index contributed by atoms with van der Waals surface area (Å²) in [4.78, 5) is 12.3. The van der Waals surface area contributed by atoms with Gasteiger partial charge >= 0.3 is 0 Å². The molecule has 0 aliphatic carbocycles. The number of carbonyl (C=O) groups is 1. The van der Waals surface area contributed by atoms with Gasteiger partial charge in [-0.25, -0.2) is 8.42 Å². The monoisotopic (exact) mass is 328 g/mol. The van der Waals surface area contributed by atoms with E-state index in [2.05, 4.69) is 5.32 Å². The Hall–Kier alpha value is -1.76. The maximum Gasteiger partial charge on any atom is 0.243 e. The van der Waals surface area contributed by atoms with Gasteiger partial charge in [-0.1, -0.05) is 6.92 Å². The third-order valence-corrected chi connectivity index (χ3v) is 4.66. The summed E-state index contributed by atoms with van der Waals surface area (Å²) in [5.41, 5.74) is 0.426. The van der Waals surface area contributed by atoms with E-state index in [-0.39, 0.29) is 11.9 Å². The molecule has 124 valence electrons. The molecule has 1 aromatic rings. The summed E-state index contributed by atoms with van der Waals surface area (Å²) in [6, 6.07) is 5.71. The van der Waals surface area contributed by atoms with Crippen molar-refractivity contribution in [2.75, 3.05) is 17.7 Å². The number of hydrogen-bond acceptors (Lipinski definition) is 4. The van der Waals surface area contributed by atoms with E-state index in [1.807, 2.05) is 13.8 Å². The van der Waals surface area contributed by atoms with Crippen LogP contribution < -0.4 is 14.4 Å². The van der Waals surface area contributed by atoms with Crippen molar-refractivity contribution < 1.29 is 17.9 Å². The van der Waals surface area contributed by atoms with E-state index in [1.54, 1.807) is 31.2 Å². The molecule has 0 aliphatic heterocycles. The van der Waals surface area contributed by atoms with Crippen molar-refractivity contribution in [2.24, 2.45) is 0 Å². The van der Waals surface area contributed by atoms with Crippen molar-refractivity contribution in [2.45, 2.75) is 39.3 Å². The van der Waals surface area contributed by atoms with Gasteiger partial charge in [-0.05, 0) is 44.5 Å². The Morgan fingerprint density at radius 1 is 1.27 bits per heavy atom. The summed E-state index contributed by atoms with van der Waals surface area (Å²) in [6.07, 6.45) is 1.87. The SMILES string of the molecule is CC[C@@H](C)NC(=O)[C@@H](C)N(c1ccc(OC)cc1)S(C)(=O)=O. The van der Waals surface area contributed by atoms with E-state index < -0.39 is 16.1 Å². The molecule has 0 saturated heterocycles. The van der Waals surface area contributed by atoms with E-state index in [0.29, 0.717) is 11.4 Å². The zero-order valence-corrected chi connectivity index (χ0v) is 14.5. The first-order chi connectivity index (χ1) is 10.2. The van der Waals surface area contributed by atoms with Crippen molar-refractivity contribution in [3.05, 3.63) is 24.3 Å². The average molecular weight is 328 g/mol. The predicted octanol–water partition coefficient (Wildman–Crippen LogP) is 1.76. The van der Waals surface area contributed by atoms with Crippen LogP contribution >= 0.6 is 0 Å². The van der Waals surface area contributed by atoms with E-state index in [1.165, 1.54) is 7.11 Å². The number of methoxy groups -OCH3 is 1. The predicted molar refractivity (Wildman–Crippen MR) is 87.7 cm³/mol. The molecule has 6 nitrogen and oxygen atoms in total. The van der Waals surface area contributed by atoms with Crippen LogP contribution in [0.2, 0.25) is 0 Å². The van der Waals surface area contributed by atoms with Gasteiger partial charge < -0.3 is 10.1 Å². The van der Waals surface area contributed by atoms with Crippen LogP contribution in [0.4, 0.5) is 5.69 Å². The average Bonchev–Trinajstić information content (AvgIpc) is 2.46. The molecule has 1 rings (SSSR count). The van der Waals surface area contributed by atoms with Gasteiger partial charge in [0.05, 0.1) is 19.1 Å². The molecule has 0 radical (unpaired) electrons. The van der Waals surface area contributed by atoms with E-state index in [9.17, 15) is 13.2 Å². The summed E-state index contributed by atoms with van der Waals surface area (Å²) < 4.78 is 30.4. The molecule has 2 atom stereocenters. The lowest BCUT2D eigenvalue weighted by molar-refractivity contribution is -0.122. The zero-order valence-electron chi connectivity index (χ0n) is 13.7.